The molecule has 0 spiro atoms. The van der Waals surface area contributed by atoms with Gasteiger partial charge in [0, 0.05) is 16.2 Å². The third kappa shape index (κ3) is 4.33. The average Bonchev–Trinajstić information content (AvgIpc) is 3.64. The molecule has 0 saturated carbocycles. The number of furan rings is 1. The molecule has 0 aliphatic carbocycles. The maximum Gasteiger partial charge on any atom is 0.143 e. The number of hydrogen-bond donors (Lipinski definition) is 0. The van der Waals surface area contributed by atoms with Crippen LogP contribution in [0.15, 0.2) is 186 Å². The zero-order chi connectivity index (χ0) is 39.3. The standard InChI is InChI=1S/C48H30O/c1-2-13-31(14-3-1)32-25-27-34(28-26-32)35-16-6-7-18-37(35)45-38-19-8-10-21-40(38)46(41-22-11-9-20-39(41)45)42-23-12-24-44-47(42)43-30-29-33-15-4-5-17-36(33)48(43)49-44/h1-30H/i6D,7D,16D,18D,25D,26D,27D,28D. The van der Waals surface area contributed by atoms with Crippen LogP contribution in [-0.4, -0.2) is 0 Å². The van der Waals surface area contributed by atoms with Gasteiger partial charge in [0.05, 0.1) is 11.0 Å². The fraction of sp³-hybridized carbons (Fsp3) is 0. The van der Waals surface area contributed by atoms with Crippen molar-refractivity contribution in [2.24, 2.45) is 0 Å². The maximum atomic E-state index is 9.48. The van der Waals surface area contributed by atoms with E-state index >= 15 is 0 Å². The van der Waals surface area contributed by atoms with Crippen molar-refractivity contribution in [1.82, 2.24) is 0 Å². The topological polar surface area (TPSA) is 13.1 Å². The lowest BCUT2D eigenvalue weighted by Gasteiger charge is -2.20. The van der Waals surface area contributed by atoms with Gasteiger partial charge in [0.25, 0.3) is 0 Å². The number of hydrogen-bond acceptors (Lipinski definition) is 1. The minimum absolute atomic E-state index is 0.0875. The highest BCUT2D eigenvalue weighted by molar-refractivity contribution is 6.27. The zero-order valence-electron chi connectivity index (χ0n) is 34.1. The predicted octanol–water partition coefficient (Wildman–Crippen LogP) is 13.7. The Morgan fingerprint density at radius 2 is 0.939 bits per heavy atom. The second-order valence-corrected chi connectivity index (χ2v) is 12.2. The van der Waals surface area contributed by atoms with Crippen molar-refractivity contribution >= 4 is 54.3 Å². The summed E-state index contributed by atoms with van der Waals surface area (Å²) < 4.78 is 79.9. The van der Waals surface area contributed by atoms with Crippen LogP contribution in [0, 0.1) is 0 Å². The van der Waals surface area contributed by atoms with E-state index in [1.54, 1.807) is 30.3 Å². The van der Waals surface area contributed by atoms with Crippen LogP contribution in [0.1, 0.15) is 11.0 Å². The molecule has 1 nitrogen and oxygen atoms in total. The fourth-order valence-electron chi connectivity index (χ4n) is 7.32. The lowest BCUT2D eigenvalue weighted by atomic mass is 9.83. The van der Waals surface area contributed by atoms with Gasteiger partial charge in [-0.25, -0.2) is 0 Å². The summed E-state index contributed by atoms with van der Waals surface area (Å²) in [6, 6.07) is 39.5. The normalized spacial score (nSPS) is 14.0. The molecule has 9 aromatic carbocycles. The van der Waals surface area contributed by atoms with Gasteiger partial charge in [-0.1, -0.05) is 170 Å². The van der Waals surface area contributed by atoms with Crippen molar-refractivity contribution in [1.29, 1.82) is 0 Å². The lowest BCUT2D eigenvalue weighted by Crippen LogP contribution is -1.93. The van der Waals surface area contributed by atoms with Crippen LogP contribution in [-0.2, 0) is 0 Å². The second kappa shape index (κ2) is 11.1. The first kappa shape index (κ1) is 20.7. The van der Waals surface area contributed by atoms with Gasteiger partial charge in [0.15, 0.2) is 0 Å². The molecule has 0 fully saturated rings. The molecule has 0 aliphatic heterocycles. The highest BCUT2D eigenvalue weighted by Gasteiger charge is 2.22. The molecule has 0 saturated heterocycles. The maximum absolute atomic E-state index is 9.48. The summed E-state index contributed by atoms with van der Waals surface area (Å²) in [7, 11) is 0. The molecular formula is C48H30O. The molecule has 0 bridgehead atoms. The van der Waals surface area contributed by atoms with Gasteiger partial charge in [-0.2, -0.15) is 0 Å². The van der Waals surface area contributed by atoms with Gasteiger partial charge in [0.2, 0.25) is 0 Å². The van der Waals surface area contributed by atoms with Crippen LogP contribution in [0.2, 0.25) is 0 Å². The Hall–Kier alpha value is -6.44. The molecule has 1 heterocycles. The third-order valence-electron chi connectivity index (χ3n) is 9.46. The molecule has 1 heteroatoms. The monoisotopic (exact) mass is 630 g/mol. The van der Waals surface area contributed by atoms with E-state index in [4.69, 9.17) is 9.90 Å². The molecule has 1 aromatic heterocycles. The fourth-order valence-corrected chi connectivity index (χ4v) is 7.32. The molecule has 0 aliphatic rings. The molecule has 10 rings (SSSR count). The summed E-state index contributed by atoms with van der Waals surface area (Å²) >= 11 is 0. The van der Waals surface area contributed by atoms with Crippen LogP contribution < -0.4 is 0 Å². The first-order chi connectivity index (χ1) is 27.7. The average molecular weight is 631 g/mol. The van der Waals surface area contributed by atoms with Crippen LogP contribution in [0.3, 0.4) is 0 Å². The Morgan fingerprint density at radius 1 is 0.367 bits per heavy atom. The van der Waals surface area contributed by atoms with Crippen molar-refractivity contribution in [3.8, 4) is 44.5 Å². The smallest absolute Gasteiger partial charge is 0.143 e. The first-order valence-electron chi connectivity index (χ1n) is 20.2. The number of benzene rings is 9. The van der Waals surface area contributed by atoms with Crippen molar-refractivity contribution in [3.63, 3.8) is 0 Å². The Bertz CT molecular complexity index is 3250. The van der Waals surface area contributed by atoms with Crippen molar-refractivity contribution in [2.75, 3.05) is 0 Å². The van der Waals surface area contributed by atoms with Gasteiger partial charge >= 0.3 is 0 Å². The molecule has 0 radical (unpaired) electrons. The highest BCUT2D eigenvalue weighted by Crippen LogP contribution is 2.48. The molecule has 0 amide bonds. The van der Waals surface area contributed by atoms with Crippen molar-refractivity contribution < 1.29 is 15.4 Å². The first-order valence-corrected chi connectivity index (χ1v) is 16.2. The minimum atomic E-state index is -0.529. The van der Waals surface area contributed by atoms with Crippen molar-refractivity contribution in [2.45, 2.75) is 0 Å². The molecule has 0 unspecified atom stereocenters. The van der Waals surface area contributed by atoms with E-state index < -0.39 is 30.2 Å². The number of rotatable bonds is 4. The van der Waals surface area contributed by atoms with Gasteiger partial charge in [-0.3, -0.25) is 0 Å². The van der Waals surface area contributed by atoms with Gasteiger partial charge < -0.3 is 4.42 Å². The molecule has 228 valence electrons. The van der Waals surface area contributed by atoms with Gasteiger partial charge in [0.1, 0.15) is 11.2 Å². The van der Waals surface area contributed by atoms with E-state index in [-0.39, 0.29) is 40.4 Å². The summed E-state index contributed by atoms with van der Waals surface area (Å²) in [4.78, 5) is 0. The summed E-state index contributed by atoms with van der Waals surface area (Å²) in [5, 5.41) is 7.05. The van der Waals surface area contributed by atoms with E-state index in [0.717, 1.165) is 54.6 Å². The Labute approximate surface area is 295 Å². The molecule has 0 N–H and O–H groups in total. The van der Waals surface area contributed by atoms with Crippen LogP contribution in [0.4, 0.5) is 0 Å². The predicted molar refractivity (Wildman–Crippen MR) is 208 cm³/mol. The van der Waals surface area contributed by atoms with E-state index in [0.29, 0.717) is 21.9 Å². The van der Waals surface area contributed by atoms with E-state index in [2.05, 4.69) is 30.3 Å². The lowest BCUT2D eigenvalue weighted by molar-refractivity contribution is 0.673. The van der Waals surface area contributed by atoms with Crippen LogP contribution >= 0.6 is 0 Å². The van der Waals surface area contributed by atoms with Crippen molar-refractivity contribution in [3.05, 3.63) is 182 Å². The van der Waals surface area contributed by atoms with Gasteiger partial charge in [-0.15, -0.1) is 0 Å². The summed E-state index contributed by atoms with van der Waals surface area (Å²) in [6.45, 7) is 0. The van der Waals surface area contributed by atoms with Crippen LogP contribution in [0.25, 0.3) is 98.8 Å². The third-order valence-corrected chi connectivity index (χ3v) is 9.46. The summed E-state index contributed by atoms with van der Waals surface area (Å²) in [6.07, 6.45) is 0. The molecule has 49 heavy (non-hydrogen) atoms. The summed E-state index contributed by atoms with van der Waals surface area (Å²) in [5.41, 5.74) is 4.35. The van der Waals surface area contributed by atoms with E-state index in [1.807, 2.05) is 72.8 Å². The number of fused-ring (bicyclic) bond motifs is 7. The largest absolute Gasteiger partial charge is 0.455 e. The Morgan fingerprint density at radius 3 is 1.63 bits per heavy atom. The molecule has 10 aromatic rings. The molecule has 0 atom stereocenters. The van der Waals surface area contributed by atoms with Crippen LogP contribution in [0.5, 0.6) is 0 Å². The SMILES string of the molecule is [2H]c1c([2H])c([2H])c(-c2c3ccccc3c(-c3cccc4oc5c6ccccc6ccc5c34)c3ccccc23)c(-c2c([2H])c([2H])c(-c3ccccc3)c([2H])c2[2H])c1[2H]. The summed E-state index contributed by atoms with van der Waals surface area (Å²) in [5.74, 6) is 0. The minimum Gasteiger partial charge on any atom is -0.455 e. The van der Waals surface area contributed by atoms with E-state index in [1.165, 1.54) is 0 Å². The quantitative estimate of drug-likeness (QED) is 0.176. The zero-order valence-corrected chi connectivity index (χ0v) is 26.1. The Balaban J connectivity index is 1.34. The Kier molecular flexibility index (Phi) is 4.69. The molecular weight excluding hydrogens is 593 g/mol. The second-order valence-electron chi connectivity index (χ2n) is 12.2. The van der Waals surface area contributed by atoms with Gasteiger partial charge in [-0.05, 0) is 83.6 Å². The highest BCUT2D eigenvalue weighted by atomic mass is 16.3. The van der Waals surface area contributed by atoms with E-state index in [9.17, 15) is 5.48 Å².